The van der Waals surface area contributed by atoms with Gasteiger partial charge in [0.15, 0.2) is 0 Å². The number of hydrogen-bond donors (Lipinski definition) is 0. The van der Waals surface area contributed by atoms with Crippen LogP contribution in [0.25, 0.3) is 0 Å². The van der Waals surface area contributed by atoms with Crippen molar-refractivity contribution in [1.82, 2.24) is 4.90 Å². The lowest BCUT2D eigenvalue weighted by molar-refractivity contribution is 0.0780. The van der Waals surface area contributed by atoms with Gasteiger partial charge >= 0.3 is 0 Å². The Bertz CT molecular complexity index is 430. The molecule has 3 rings (SSSR count). The molecule has 18 heavy (non-hydrogen) atoms. The van der Waals surface area contributed by atoms with Gasteiger partial charge in [-0.2, -0.15) is 0 Å². The molecule has 1 aliphatic heterocycles. The highest BCUT2D eigenvalue weighted by Crippen LogP contribution is 2.38. The van der Waals surface area contributed by atoms with E-state index >= 15 is 0 Å². The number of benzene rings is 1. The number of alkyl halides is 1. The van der Waals surface area contributed by atoms with Gasteiger partial charge in [-0.25, -0.2) is 0 Å². The van der Waals surface area contributed by atoms with E-state index in [2.05, 4.69) is 20.8 Å². The summed E-state index contributed by atoms with van der Waals surface area (Å²) in [5, 5.41) is 0.843. The van der Waals surface area contributed by atoms with E-state index in [1.807, 2.05) is 24.3 Å². The summed E-state index contributed by atoms with van der Waals surface area (Å²) in [5.41, 5.74) is 2.05. The molecule has 2 aliphatic rings. The number of carbonyl (C=O) groups is 1. The van der Waals surface area contributed by atoms with Crippen molar-refractivity contribution in [3.8, 4) is 0 Å². The Labute approximate surface area is 116 Å². The maximum absolute atomic E-state index is 12.4. The fourth-order valence-electron chi connectivity index (χ4n) is 3.32. The van der Waals surface area contributed by atoms with Gasteiger partial charge in [-0.05, 0) is 42.4 Å². The van der Waals surface area contributed by atoms with Crippen LogP contribution in [-0.2, 0) is 5.33 Å². The molecule has 1 saturated heterocycles. The summed E-state index contributed by atoms with van der Waals surface area (Å²) >= 11 is 3.42. The molecule has 96 valence electrons. The largest absolute Gasteiger partial charge is 0.338 e. The fourth-order valence-corrected chi connectivity index (χ4v) is 3.69. The highest BCUT2D eigenvalue weighted by molar-refractivity contribution is 9.08. The smallest absolute Gasteiger partial charge is 0.253 e. The molecule has 2 nitrogen and oxygen atoms in total. The standard InChI is InChI=1S/C15H18BrNO/c16-8-11-4-6-12(7-5-11)15(18)17-9-13-2-1-3-14(13)10-17/h4-7,13-14H,1-3,8-10H2. The Morgan fingerprint density at radius 1 is 1.17 bits per heavy atom. The van der Waals surface area contributed by atoms with E-state index in [1.165, 1.54) is 24.8 Å². The number of amides is 1. The van der Waals surface area contributed by atoms with Gasteiger partial charge in [0.2, 0.25) is 0 Å². The number of hydrogen-bond acceptors (Lipinski definition) is 1. The molecular weight excluding hydrogens is 290 g/mol. The van der Waals surface area contributed by atoms with Crippen LogP contribution in [0.15, 0.2) is 24.3 Å². The lowest BCUT2D eigenvalue weighted by Crippen LogP contribution is -2.29. The molecule has 2 atom stereocenters. The van der Waals surface area contributed by atoms with Gasteiger partial charge < -0.3 is 4.90 Å². The topological polar surface area (TPSA) is 20.3 Å². The Kier molecular flexibility index (Phi) is 3.42. The fraction of sp³-hybridized carbons (Fsp3) is 0.533. The van der Waals surface area contributed by atoms with Crippen LogP contribution in [0, 0.1) is 11.8 Å². The minimum Gasteiger partial charge on any atom is -0.338 e. The number of carbonyl (C=O) groups excluding carboxylic acids is 1. The van der Waals surface area contributed by atoms with E-state index in [0.717, 1.165) is 35.8 Å². The van der Waals surface area contributed by atoms with Gasteiger partial charge in [-0.3, -0.25) is 4.79 Å². The van der Waals surface area contributed by atoms with Crippen molar-refractivity contribution >= 4 is 21.8 Å². The normalized spacial score (nSPS) is 26.4. The van der Waals surface area contributed by atoms with Crippen LogP contribution >= 0.6 is 15.9 Å². The second kappa shape index (κ2) is 5.04. The van der Waals surface area contributed by atoms with Gasteiger partial charge in [0, 0.05) is 24.0 Å². The van der Waals surface area contributed by atoms with E-state index in [-0.39, 0.29) is 5.91 Å². The molecule has 1 amide bonds. The van der Waals surface area contributed by atoms with Gasteiger partial charge in [0.25, 0.3) is 5.91 Å². The SMILES string of the molecule is O=C(c1ccc(CBr)cc1)N1CC2CCCC2C1. The Morgan fingerprint density at radius 2 is 1.78 bits per heavy atom. The van der Waals surface area contributed by atoms with Gasteiger partial charge in [0.05, 0.1) is 0 Å². The van der Waals surface area contributed by atoms with Crippen LogP contribution in [-0.4, -0.2) is 23.9 Å². The number of halogens is 1. The van der Waals surface area contributed by atoms with Crippen molar-refractivity contribution in [2.75, 3.05) is 13.1 Å². The monoisotopic (exact) mass is 307 g/mol. The first kappa shape index (κ1) is 12.2. The Hall–Kier alpha value is -0.830. The lowest BCUT2D eigenvalue weighted by Gasteiger charge is -2.17. The molecule has 1 aromatic carbocycles. The summed E-state index contributed by atoms with van der Waals surface area (Å²) in [6.07, 6.45) is 3.99. The molecule has 1 heterocycles. The number of nitrogens with zero attached hydrogens (tertiary/aromatic N) is 1. The van der Waals surface area contributed by atoms with Crippen LogP contribution < -0.4 is 0 Å². The number of rotatable bonds is 2. The molecule has 1 aliphatic carbocycles. The molecule has 1 aromatic rings. The summed E-state index contributed by atoms with van der Waals surface area (Å²) in [4.78, 5) is 14.4. The van der Waals surface area contributed by atoms with Crippen LogP contribution in [0.4, 0.5) is 0 Å². The van der Waals surface area contributed by atoms with Crippen molar-refractivity contribution in [3.05, 3.63) is 35.4 Å². The van der Waals surface area contributed by atoms with E-state index < -0.39 is 0 Å². The van der Waals surface area contributed by atoms with Gasteiger partial charge in [-0.1, -0.05) is 34.5 Å². The van der Waals surface area contributed by atoms with Crippen LogP contribution in [0.5, 0.6) is 0 Å². The molecule has 2 fully saturated rings. The minimum absolute atomic E-state index is 0.213. The highest BCUT2D eigenvalue weighted by atomic mass is 79.9. The van der Waals surface area contributed by atoms with Gasteiger partial charge in [0.1, 0.15) is 0 Å². The Morgan fingerprint density at radius 3 is 2.33 bits per heavy atom. The zero-order valence-corrected chi connectivity index (χ0v) is 12.0. The van der Waals surface area contributed by atoms with Crippen LogP contribution in [0.1, 0.15) is 35.2 Å². The van der Waals surface area contributed by atoms with Crippen molar-refractivity contribution in [3.63, 3.8) is 0 Å². The zero-order valence-electron chi connectivity index (χ0n) is 10.4. The third-order valence-electron chi connectivity index (χ3n) is 4.37. The summed E-state index contributed by atoms with van der Waals surface area (Å²) in [6.45, 7) is 1.95. The number of fused-ring (bicyclic) bond motifs is 1. The van der Waals surface area contributed by atoms with E-state index in [4.69, 9.17) is 0 Å². The number of likely N-dealkylation sites (tertiary alicyclic amines) is 1. The molecule has 3 heteroatoms. The van der Waals surface area contributed by atoms with E-state index in [9.17, 15) is 4.79 Å². The molecule has 0 aromatic heterocycles. The molecule has 0 radical (unpaired) electrons. The predicted octanol–water partition coefficient (Wildman–Crippen LogP) is 3.45. The zero-order chi connectivity index (χ0) is 12.5. The molecular formula is C15H18BrNO. The first-order chi connectivity index (χ1) is 8.78. The van der Waals surface area contributed by atoms with Crippen molar-refractivity contribution in [1.29, 1.82) is 0 Å². The second-order valence-corrected chi connectivity index (χ2v) is 6.05. The average Bonchev–Trinajstić information content (AvgIpc) is 2.99. The molecule has 0 N–H and O–H groups in total. The first-order valence-corrected chi connectivity index (χ1v) is 7.84. The highest BCUT2D eigenvalue weighted by Gasteiger charge is 2.38. The predicted molar refractivity (Wildman–Crippen MR) is 75.8 cm³/mol. The maximum Gasteiger partial charge on any atom is 0.253 e. The van der Waals surface area contributed by atoms with Crippen molar-refractivity contribution in [2.45, 2.75) is 24.6 Å². The van der Waals surface area contributed by atoms with Crippen LogP contribution in [0.2, 0.25) is 0 Å². The quantitative estimate of drug-likeness (QED) is 0.766. The summed E-state index contributed by atoms with van der Waals surface area (Å²) < 4.78 is 0. The van der Waals surface area contributed by atoms with Crippen molar-refractivity contribution in [2.24, 2.45) is 11.8 Å². The summed E-state index contributed by atoms with van der Waals surface area (Å²) in [6, 6.07) is 7.96. The maximum atomic E-state index is 12.4. The van der Waals surface area contributed by atoms with Crippen LogP contribution in [0.3, 0.4) is 0 Å². The third kappa shape index (κ3) is 2.20. The van der Waals surface area contributed by atoms with Gasteiger partial charge in [-0.15, -0.1) is 0 Å². The second-order valence-electron chi connectivity index (χ2n) is 5.49. The molecule has 0 bridgehead atoms. The molecule has 0 spiro atoms. The lowest BCUT2D eigenvalue weighted by atomic mass is 10.0. The molecule has 2 unspecified atom stereocenters. The minimum atomic E-state index is 0.213. The van der Waals surface area contributed by atoms with Crippen molar-refractivity contribution < 1.29 is 4.79 Å². The summed E-state index contributed by atoms with van der Waals surface area (Å²) in [5.74, 6) is 1.76. The third-order valence-corrected chi connectivity index (χ3v) is 5.02. The average molecular weight is 308 g/mol. The van der Waals surface area contributed by atoms with E-state index in [1.54, 1.807) is 0 Å². The first-order valence-electron chi connectivity index (χ1n) is 6.72. The van der Waals surface area contributed by atoms with E-state index in [0.29, 0.717) is 0 Å². The Balaban J connectivity index is 1.70. The molecule has 1 saturated carbocycles. The summed E-state index contributed by atoms with van der Waals surface area (Å²) in [7, 11) is 0.